The van der Waals surface area contributed by atoms with Crippen molar-refractivity contribution in [2.45, 2.75) is 0 Å². The monoisotopic (exact) mass is 173 g/mol. The lowest BCUT2D eigenvalue weighted by Gasteiger charge is -1.92. The normalized spacial score (nSPS) is 9.85. The highest BCUT2D eigenvalue weighted by atomic mass is 16.3. The summed E-state index contributed by atoms with van der Waals surface area (Å²) in [4.78, 5) is 14.3. The fourth-order valence-corrected chi connectivity index (χ4v) is 1.07. The summed E-state index contributed by atoms with van der Waals surface area (Å²) in [6, 6.07) is 5.38. The van der Waals surface area contributed by atoms with Crippen LogP contribution in [0.25, 0.3) is 11.3 Å². The van der Waals surface area contributed by atoms with Gasteiger partial charge in [-0.25, -0.2) is 0 Å². The highest BCUT2D eigenvalue weighted by Gasteiger charge is 2.02. The minimum atomic E-state index is 0.541. The van der Waals surface area contributed by atoms with E-state index in [0.717, 1.165) is 11.8 Å². The molecule has 0 amide bonds. The summed E-state index contributed by atoms with van der Waals surface area (Å²) in [6.07, 6.45) is 5.55. The molecule has 2 rings (SSSR count). The van der Waals surface area contributed by atoms with Crippen LogP contribution >= 0.6 is 0 Å². The summed E-state index contributed by atoms with van der Waals surface area (Å²) in [5, 5.41) is 0. The predicted molar refractivity (Wildman–Crippen MR) is 47.3 cm³/mol. The maximum Gasteiger partial charge on any atom is 0.153 e. The molecule has 0 spiro atoms. The molecule has 0 aliphatic heterocycles. The van der Waals surface area contributed by atoms with E-state index in [-0.39, 0.29) is 0 Å². The Morgan fingerprint density at radius 1 is 1.46 bits per heavy atom. The zero-order valence-corrected chi connectivity index (χ0v) is 6.81. The van der Waals surface area contributed by atoms with Gasteiger partial charge in [-0.1, -0.05) is 0 Å². The van der Waals surface area contributed by atoms with Gasteiger partial charge in [0.2, 0.25) is 0 Å². The Labute approximate surface area is 75.0 Å². The highest BCUT2D eigenvalue weighted by molar-refractivity contribution is 5.76. The number of aldehydes is 1. The molecular weight excluding hydrogens is 166 g/mol. The lowest BCUT2D eigenvalue weighted by molar-refractivity contribution is 0.112. The molecule has 0 atom stereocenters. The molecule has 0 saturated heterocycles. The number of carbonyl (C=O) groups excluding carboxylic acids is 1. The van der Waals surface area contributed by atoms with Gasteiger partial charge in [0.15, 0.2) is 6.29 Å². The fraction of sp³-hybridized carbons (Fsp3) is 0. The lowest BCUT2D eigenvalue weighted by atomic mass is 10.2. The molecule has 0 unspecified atom stereocenters. The van der Waals surface area contributed by atoms with Gasteiger partial charge in [-0.15, -0.1) is 0 Å². The quantitative estimate of drug-likeness (QED) is 0.653. The number of nitrogens with zero attached hydrogens (tertiary/aromatic N) is 1. The third-order valence-electron chi connectivity index (χ3n) is 1.70. The summed E-state index contributed by atoms with van der Waals surface area (Å²) in [7, 11) is 0. The minimum Gasteiger partial charge on any atom is -0.464 e. The number of rotatable bonds is 2. The molecule has 0 aromatic carbocycles. The average molecular weight is 173 g/mol. The van der Waals surface area contributed by atoms with Crippen LogP contribution in [0.15, 0.2) is 41.3 Å². The van der Waals surface area contributed by atoms with Crippen molar-refractivity contribution >= 4 is 6.29 Å². The van der Waals surface area contributed by atoms with E-state index in [0.29, 0.717) is 11.3 Å². The van der Waals surface area contributed by atoms with Gasteiger partial charge in [0.1, 0.15) is 12.0 Å². The largest absolute Gasteiger partial charge is 0.464 e. The first-order chi connectivity index (χ1) is 6.40. The zero-order valence-electron chi connectivity index (χ0n) is 6.81. The number of aromatic nitrogens is 1. The first-order valence-corrected chi connectivity index (χ1v) is 3.84. The van der Waals surface area contributed by atoms with E-state index in [9.17, 15) is 4.79 Å². The van der Waals surface area contributed by atoms with E-state index >= 15 is 0 Å². The molecule has 0 N–H and O–H groups in total. The number of hydrogen-bond acceptors (Lipinski definition) is 3. The molecular formula is C10H7NO2. The maximum absolute atomic E-state index is 10.4. The average Bonchev–Trinajstić information content (AvgIpc) is 2.67. The molecule has 3 nitrogen and oxygen atoms in total. The Bertz CT molecular complexity index is 406. The molecule has 0 radical (unpaired) electrons. The van der Waals surface area contributed by atoms with Gasteiger partial charge >= 0.3 is 0 Å². The van der Waals surface area contributed by atoms with E-state index in [1.807, 2.05) is 12.1 Å². The summed E-state index contributed by atoms with van der Waals surface area (Å²) < 4.78 is 5.17. The van der Waals surface area contributed by atoms with E-state index in [1.165, 1.54) is 6.26 Å². The molecule has 2 aromatic heterocycles. The molecule has 3 heteroatoms. The van der Waals surface area contributed by atoms with Crippen LogP contribution in [0.4, 0.5) is 0 Å². The van der Waals surface area contributed by atoms with E-state index in [1.54, 1.807) is 18.5 Å². The highest BCUT2D eigenvalue weighted by Crippen LogP contribution is 2.19. The topological polar surface area (TPSA) is 43.1 Å². The van der Waals surface area contributed by atoms with Gasteiger partial charge < -0.3 is 4.42 Å². The molecule has 0 aliphatic rings. The van der Waals surface area contributed by atoms with Gasteiger partial charge in [0, 0.05) is 18.0 Å². The van der Waals surface area contributed by atoms with E-state index in [4.69, 9.17) is 4.42 Å². The standard InChI is InChI=1S/C10H7NO2/c12-6-8-4-10(13-7-8)9-2-1-3-11-5-9/h1-7H. The van der Waals surface area contributed by atoms with Crippen LogP contribution < -0.4 is 0 Å². The number of furan rings is 1. The Balaban J connectivity index is 2.41. The summed E-state index contributed by atoms with van der Waals surface area (Å²) in [6.45, 7) is 0. The maximum atomic E-state index is 10.4. The molecule has 0 saturated carbocycles. The van der Waals surface area contributed by atoms with Gasteiger partial charge in [-0.2, -0.15) is 0 Å². The summed E-state index contributed by atoms with van der Waals surface area (Å²) in [5.41, 5.74) is 1.41. The van der Waals surface area contributed by atoms with Crippen molar-refractivity contribution < 1.29 is 9.21 Å². The van der Waals surface area contributed by atoms with Gasteiger partial charge in [-0.3, -0.25) is 9.78 Å². The molecule has 0 bridgehead atoms. The number of carbonyl (C=O) groups is 1. The van der Waals surface area contributed by atoms with Crippen molar-refractivity contribution in [2.75, 3.05) is 0 Å². The zero-order chi connectivity index (χ0) is 9.10. The van der Waals surface area contributed by atoms with Crippen LogP contribution in [0.2, 0.25) is 0 Å². The van der Waals surface area contributed by atoms with Crippen LogP contribution in [0.3, 0.4) is 0 Å². The summed E-state index contributed by atoms with van der Waals surface area (Å²) >= 11 is 0. The van der Waals surface area contributed by atoms with Crippen LogP contribution in [0.5, 0.6) is 0 Å². The Morgan fingerprint density at radius 3 is 3.00 bits per heavy atom. The van der Waals surface area contributed by atoms with Crippen molar-refractivity contribution in [2.24, 2.45) is 0 Å². The minimum absolute atomic E-state index is 0.541. The van der Waals surface area contributed by atoms with Crippen LogP contribution in [0, 0.1) is 0 Å². The van der Waals surface area contributed by atoms with Gasteiger partial charge in [0.25, 0.3) is 0 Å². The molecule has 64 valence electrons. The number of pyridine rings is 1. The van der Waals surface area contributed by atoms with Gasteiger partial charge in [-0.05, 0) is 18.2 Å². The van der Waals surface area contributed by atoms with Crippen molar-refractivity contribution in [3.05, 3.63) is 42.4 Å². The Kier molecular flexibility index (Phi) is 1.92. The third-order valence-corrected chi connectivity index (χ3v) is 1.70. The third kappa shape index (κ3) is 1.49. The second-order valence-electron chi connectivity index (χ2n) is 2.60. The SMILES string of the molecule is O=Cc1coc(-c2cccnc2)c1. The Morgan fingerprint density at radius 2 is 2.38 bits per heavy atom. The van der Waals surface area contributed by atoms with Gasteiger partial charge in [0.05, 0.1) is 5.56 Å². The number of hydrogen-bond donors (Lipinski definition) is 0. The van der Waals surface area contributed by atoms with Crippen LogP contribution in [-0.4, -0.2) is 11.3 Å². The van der Waals surface area contributed by atoms with E-state index < -0.39 is 0 Å². The first kappa shape index (κ1) is 7.73. The van der Waals surface area contributed by atoms with Crippen LogP contribution in [0.1, 0.15) is 10.4 Å². The molecule has 13 heavy (non-hydrogen) atoms. The van der Waals surface area contributed by atoms with Crippen LogP contribution in [-0.2, 0) is 0 Å². The lowest BCUT2D eigenvalue weighted by Crippen LogP contribution is -1.74. The molecule has 2 heterocycles. The first-order valence-electron chi connectivity index (χ1n) is 3.84. The smallest absolute Gasteiger partial charge is 0.153 e. The van der Waals surface area contributed by atoms with E-state index in [2.05, 4.69) is 4.98 Å². The van der Waals surface area contributed by atoms with Crippen molar-refractivity contribution in [3.63, 3.8) is 0 Å². The summed E-state index contributed by atoms with van der Waals surface area (Å²) in [5.74, 6) is 0.662. The van der Waals surface area contributed by atoms with Crippen molar-refractivity contribution in [1.82, 2.24) is 4.98 Å². The Hall–Kier alpha value is -1.90. The fourth-order valence-electron chi connectivity index (χ4n) is 1.07. The predicted octanol–water partition coefficient (Wildman–Crippen LogP) is 2.15. The van der Waals surface area contributed by atoms with Crippen molar-refractivity contribution in [1.29, 1.82) is 0 Å². The van der Waals surface area contributed by atoms with Crippen molar-refractivity contribution in [3.8, 4) is 11.3 Å². The second kappa shape index (κ2) is 3.23. The molecule has 0 aliphatic carbocycles. The second-order valence-corrected chi connectivity index (χ2v) is 2.60. The molecule has 0 fully saturated rings. The molecule has 2 aromatic rings.